The number of aromatic nitrogens is 1. The molecule has 1 aliphatic heterocycles. The summed E-state index contributed by atoms with van der Waals surface area (Å²) in [4.78, 5) is 15.1. The zero-order valence-electron chi connectivity index (χ0n) is 12.3. The molecule has 2 fully saturated rings. The Morgan fingerprint density at radius 3 is 3.10 bits per heavy atom. The van der Waals surface area contributed by atoms with Crippen LogP contribution < -0.4 is 0 Å². The monoisotopic (exact) mass is 284 g/mol. The lowest BCUT2D eigenvalue weighted by Gasteiger charge is -2.37. The van der Waals surface area contributed by atoms with Crippen molar-refractivity contribution >= 4 is 16.8 Å². The Bertz CT molecular complexity index is 691. The first kappa shape index (κ1) is 12.9. The molecule has 2 aliphatic rings. The van der Waals surface area contributed by atoms with Crippen LogP contribution >= 0.6 is 0 Å². The molecule has 0 bridgehead atoms. The van der Waals surface area contributed by atoms with Crippen molar-refractivity contribution in [3.8, 4) is 0 Å². The summed E-state index contributed by atoms with van der Waals surface area (Å²) in [6.07, 6.45) is 5.58. The number of aryl methyl sites for hydroxylation is 1. The molecule has 4 nitrogen and oxygen atoms in total. The third kappa shape index (κ3) is 1.97. The number of carbonyl (C=O) groups is 1. The Morgan fingerprint density at radius 1 is 1.29 bits per heavy atom. The zero-order valence-corrected chi connectivity index (χ0v) is 12.3. The predicted molar refractivity (Wildman–Crippen MR) is 81.3 cm³/mol. The Balaban J connectivity index is 1.73. The Labute approximate surface area is 124 Å². The van der Waals surface area contributed by atoms with E-state index in [-0.39, 0.29) is 18.1 Å². The van der Waals surface area contributed by atoms with Crippen molar-refractivity contribution in [3.63, 3.8) is 0 Å². The average molecular weight is 284 g/mol. The summed E-state index contributed by atoms with van der Waals surface area (Å²) in [5.74, 6) is 0.159. The van der Waals surface area contributed by atoms with Gasteiger partial charge in [0, 0.05) is 36.3 Å². The van der Waals surface area contributed by atoms with E-state index < -0.39 is 0 Å². The van der Waals surface area contributed by atoms with Gasteiger partial charge in [-0.15, -0.1) is 0 Å². The number of carbonyl (C=O) groups excluding carboxylic acids is 1. The maximum atomic E-state index is 13.0. The summed E-state index contributed by atoms with van der Waals surface area (Å²) in [6, 6.07) is 8.29. The van der Waals surface area contributed by atoms with Gasteiger partial charge < -0.3 is 14.2 Å². The number of benzene rings is 1. The molecule has 2 heterocycles. The number of hydrogen-bond acceptors (Lipinski definition) is 2. The summed E-state index contributed by atoms with van der Waals surface area (Å²) in [5, 5.41) is 1.05. The second-order valence-electron chi connectivity index (χ2n) is 6.07. The summed E-state index contributed by atoms with van der Waals surface area (Å²) in [5.41, 5.74) is 1.93. The second kappa shape index (κ2) is 4.88. The van der Waals surface area contributed by atoms with Crippen molar-refractivity contribution in [2.45, 2.75) is 31.4 Å². The Kier molecular flexibility index (Phi) is 3.00. The average Bonchev–Trinajstić information content (AvgIpc) is 3.13. The lowest BCUT2D eigenvalue weighted by atomic mass is 10.1. The van der Waals surface area contributed by atoms with Gasteiger partial charge >= 0.3 is 0 Å². The van der Waals surface area contributed by atoms with E-state index in [0.29, 0.717) is 13.2 Å². The molecule has 4 heteroatoms. The quantitative estimate of drug-likeness (QED) is 0.806. The maximum absolute atomic E-state index is 13.0. The highest BCUT2D eigenvalue weighted by Crippen LogP contribution is 2.31. The van der Waals surface area contributed by atoms with E-state index in [0.717, 1.165) is 35.7 Å². The number of rotatable bonds is 1. The third-order valence-electron chi connectivity index (χ3n) is 4.90. The smallest absolute Gasteiger partial charge is 0.254 e. The summed E-state index contributed by atoms with van der Waals surface area (Å²) < 4.78 is 7.87. The fourth-order valence-electron chi connectivity index (χ4n) is 3.82. The number of hydrogen-bond donors (Lipinski definition) is 0. The van der Waals surface area contributed by atoms with Gasteiger partial charge in [-0.2, -0.15) is 0 Å². The fourth-order valence-corrected chi connectivity index (χ4v) is 3.82. The SMILES string of the molecule is Cn1ccc2c(C(=O)N3CCOC4CCCC43)cccc21. The van der Waals surface area contributed by atoms with Gasteiger partial charge in [-0.05, 0) is 37.5 Å². The van der Waals surface area contributed by atoms with Crippen molar-refractivity contribution < 1.29 is 9.53 Å². The molecule has 2 unspecified atom stereocenters. The lowest BCUT2D eigenvalue weighted by Crippen LogP contribution is -2.51. The van der Waals surface area contributed by atoms with E-state index in [9.17, 15) is 4.79 Å². The van der Waals surface area contributed by atoms with Crippen LogP contribution in [0.4, 0.5) is 0 Å². The van der Waals surface area contributed by atoms with Crippen molar-refractivity contribution in [2.24, 2.45) is 7.05 Å². The largest absolute Gasteiger partial charge is 0.374 e. The molecule has 4 rings (SSSR count). The highest BCUT2D eigenvalue weighted by molar-refractivity contribution is 6.06. The first-order valence-corrected chi connectivity index (χ1v) is 7.72. The predicted octanol–water partition coefficient (Wildman–Crippen LogP) is 2.57. The van der Waals surface area contributed by atoms with Crippen LogP contribution in [0.5, 0.6) is 0 Å². The zero-order chi connectivity index (χ0) is 14.4. The van der Waals surface area contributed by atoms with E-state index >= 15 is 0 Å². The van der Waals surface area contributed by atoms with E-state index in [1.165, 1.54) is 0 Å². The summed E-state index contributed by atoms with van der Waals surface area (Å²) >= 11 is 0. The van der Waals surface area contributed by atoms with Gasteiger partial charge in [0.2, 0.25) is 0 Å². The molecular weight excluding hydrogens is 264 g/mol. The molecule has 1 amide bonds. The fraction of sp³-hybridized carbons (Fsp3) is 0.471. The van der Waals surface area contributed by atoms with E-state index in [1.807, 2.05) is 36.3 Å². The minimum absolute atomic E-state index is 0.159. The molecule has 110 valence electrons. The first-order valence-electron chi connectivity index (χ1n) is 7.72. The Hall–Kier alpha value is -1.81. The van der Waals surface area contributed by atoms with Gasteiger partial charge in [-0.25, -0.2) is 0 Å². The topological polar surface area (TPSA) is 34.5 Å². The Morgan fingerprint density at radius 2 is 2.19 bits per heavy atom. The molecule has 0 N–H and O–H groups in total. The molecule has 1 saturated heterocycles. The van der Waals surface area contributed by atoms with Crippen LogP contribution in [-0.4, -0.2) is 40.7 Å². The van der Waals surface area contributed by atoms with Gasteiger partial charge in [0.05, 0.1) is 18.8 Å². The van der Waals surface area contributed by atoms with Gasteiger partial charge in [0.15, 0.2) is 0 Å². The van der Waals surface area contributed by atoms with Crippen LogP contribution in [0.1, 0.15) is 29.6 Å². The molecule has 1 aromatic heterocycles. The molecule has 21 heavy (non-hydrogen) atoms. The standard InChI is InChI=1S/C17H20N2O2/c1-18-9-8-12-13(4-2-5-14(12)18)17(20)19-10-11-21-16-7-3-6-15(16)19/h2,4-5,8-9,15-16H,3,6-7,10-11H2,1H3. The highest BCUT2D eigenvalue weighted by atomic mass is 16.5. The van der Waals surface area contributed by atoms with Gasteiger partial charge in [-0.3, -0.25) is 4.79 Å². The van der Waals surface area contributed by atoms with Gasteiger partial charge in [0.1, 0.15) is 0 Å². The van der Waals surface area contributed by atoms with Crippen LogP contribution in [0.2, 0.25) is 0 Å². The number of ether oxygens (including phenoxy) is 1. The van der Waals surface area contributed by atoms with Gasteiger partial charge in [-0.1, -0.05) is 6.07 Å². The summed E-state index contributed by atoms with van der Waals surface area (Å²) in [6.45, 7) is 1.38. The third-order valence-corrected chi connectivity index (χ3v) is 4.90. The van der Waals surface area contributed by atoms with Crippen molar-refractivity contribution in [1.82, 2.24) is 9.47 Å². The molecule has 2 atom stereocenters. The van der Waals surface area contributed by atoms with Crippen LogP contribution in [0, 0.1) is 0 Å². The number of fused-ring (bicyclic) bond motifs is 2. The minimum Gasteiger partial charge on any atom is -0.374 e. The van der Waals surface area contributed by atoms with Gasteiger partial charge in [0.25, 0.3) is 5.91 Å². The molecule has 2 aromatic rings. The molecular formula is C17H20N2O2. The maximum Gasteiger partial charge on any atom is 0.254 e. The van der Waals surface area contributed by atoms with Crippen molar-refractivity contribution in [2.75, 3.05) is 13.2 Å². The molecule has 1 saturated carbocycles. The minimum atomic E-state index is 0.159. The van der Waals surface area contributed by atoms with E-state index in [2.05, 4.69) is 10.6 Å². The van der Waals surface area contributed by atoms with Crippen LogP contribution in [0.25, 0.3) is 10.9 Å². The molecule has 1 aliphatic carbocycles. The number of morpholine rings is 1. The van der Waals surface area contributed by atoms with Crippen molar-refractivity contribution in [1.29, 1.82) is 0 Å². The normalized spacial score (nSPS) is 25.3. The van der Waals surface area contributed by atoms with Crippen molar-refractivity contribution in [3.05, 3.63) is 36.0 Å². The van der Waals surface area contributed by atoms with E-state index in [1.54, 1.807) is 0 Å². The number of amides is 1. The molecule has 1 aromatic carbocycles. The second-order valence-corrected chi connectivity index (χ2v) is 6.07. The molecule has 0 radical (unpaired) electrons. The lowest BCUT2D eigenvalue weighted by molar-refractivity contribution is -0.0444. The molecule has 0 spiro atoms. The highest BCUT2D eigenvalue weighted by Gasteiger charge is 2.38. The van der Waals surface area contributed by atoms with Crippen LogP contribution in [-0.2, 0) is 11.8 Å². The summed E-state index contributed by atoms with van der Waals surface area (Å²) in [7, 11) is 2.01. The van der Waals surface area contributed by atoms with Crippen LogP contribution in [0.3, 0.4) is 0 Å². The number of nitrogens with zero attached hydrogens (tertiary/aromatic N) is 2. The van der Waals surface area contributed by atoms with E-state index in [4.69, 9.17) is 4.74 Å². The van der Waals surface area contributed by atoms with Crippen LogP contribution in [0.15, 0.2) is 30.5 Å². The first-order chi connectivity index (χ1) is 10.3.